The van der Waals surface area contributed by atoms with E-state index in [2.05, 4.69) is 21.2 Å². The van der Waals surface area contributed by atoms with Crippen molar-refractivity contribution in [2.75, 3.05) is 12.4 Å². The predicted octanol–water partition coefficient (Wildman–Crippen LogP) is 6.92. The van der Waals surface area contributed by atoms with Gasteiger partial charge in [0.05, 0.1) is 7.11 Å². The first-order valence-electron chi connectivity index (χ1n) is 8.29. The van der Waals surface area contributed by atoms with Crippen LogP contribution >= 0.6 is 50.5 Å². The highest BCUT2D eigenvalue weighted by Gasteiger charge is 2.21. The molecule has 0 unspecified atom stereocenters. The van der Waals surface area contributed by atoms with Crippen molar-refractivity contribution < 1.29 is 14.3 Å². The van der Waals surface area contributed by atoms with Crippen molar-refractivity contribution in [3.8, 4) is 11.1 Å². The minimum Gasteiger partial charge on any atom is -0.465 e. The Morgan fingerprint density at radius 2 is 1.86 bits per heavy atom. The topological polar surface area (TPSA) is 55.4 Å². The maximum Gasteiger partial charge on any atom is 0.341 e. The molecule has 4 nitrogen and oxygen atoms in total. The van der Waals surface area contributed by atoms with Gasteiger partial charge in [-0.05, 0) is 41.5 Å². The smallest absolute Gasteiger partial charge is 0.341 e. The van der Waals surface area contributed by atoms with E-state index in [4.69, 9.17) is 27.9 Å². The molecule has 3 aromatic rings. The average Bonchev–Trinajstić information content (AvgIpc) is 3.10. The van der Waals surface area contributed by atoms with Gasteiger partial charge in [-0.25, -0.2) is 4.79 Å². The molecule has 0 bridgehead atoms. The molecule has 1 heterocycles. The number of rotatable bonds is 5. The summed E-state index contributed by atoms with van der Waals surface area (Å²) in [6.45, 7) is 0. The Labute approximate surface area is 190 Å². The number of benzene rings is 2. The van der Waals surface area contributed by atoms with Crippen LogP contribution < -0.4 is 5.32 Å². The van der Waals surface area contributed by atoms with Gasteiger partial charge in [0.15, 0.2) is 0 Å². The largest absolute Gasteiger partial charge is 0.465 e. The second-order valence-electron chi connectivity index (χ2n) is 5.84. The molecular formula is C21H14BrCl2NO3S. The lowest BCUT2D eigenvalue weighted by Crippen LogP contribution is -2.11. The van der Waals surface area contributed by atoms with E-state index in [1.165, 1.54) is 24.5 Å². The summed E-state index contributed by atoms with van der Waals surface area (Å²) >= 11 is 16.6. The molecule has 0 fully saturated rings. The number of hydrogen-bond donors (Lipinski definition) is 1. The Morgan fingerprint density at radius 1 is 1.14 bits per heavy atom. The minimum absolute atomic E-state index is 0.311. The molecule has 0 spiro atoms. The van der Waals surface area contributed by atoms with Gasteiger partial charge in [0.25, 0.3) is 0 Å². The summed E-state index contributed by atoms with van der Waals surface area (Å²) in [5, 5.41) is 5.91. The molecule has 1 aromatic heterocycles. The van der Waals surface area contributed by atoms with Gasteiger partial charge in [-0.15, -0.1) is 11.3 Å². The maximum atomic E-state index is 12.4. The van der Waals surface area contributed by atoms with Crippen molar-refractivity contribution in [1.82, 2.24) is 0 Å². The van der Waals surface area contributed by atoms with Crippen LogP contribution in [0.15, 0.2) is 58.4 Å². The number of anilines is 1. The summed E-state index contributed by atoms with van der Waals surface area (Å²) in [7, 11) is 1.30. The first kappa shape index (κ1) is 21.6. The van der Waals surface area contributed by atoms with Crippen molar-refractivity contribution in [2.24, 2.45) is 0 Å². The number of methoxy groups -OCH3 is 1. The minimum atomic E-state index is -0.524. The molecule has 0 aliphatic rings. The fraction of sp³-hybridized carbons (Fsp3) is 0.0476. The molecule has 0 atom stereocenters. The summed E-state index contributed by atoms with van der Waals surface area (Å²) in [6.07, 6.45) is 2.92. The van der Waals surface area contributed by atoms with Gasteiger partial charge in [-0.1, -0.05) is 57.3 Å². The number of amides is 1. The van der Waals surface area contributed by atoms with E-state index >= 15 is 0 Å². The van der Waals surface area contributed by atoms with E-state index in [1.54, 1.807) is 24.3 Å². The van der Waals surface area contributed by atoms with Gasteiger partial charge in [0.2, 0.25) is 5.91 Å². The first-order chi connectivity index (χ1) is 13.9. The standard InChI is InChI=1S/C21H14BrCl2NO3S/c1-28-21(27)19-16(12-2-6-14(22)7-3-12)11-29-20(19)25-18(26)9-5-13-4-8-15(23)10-17(13)24/h2-11H,1H3,(H,25,26). The van der Waals surface area contributed by atoms with Crippen LogP contribution in [-0.4, -0.2) is 19.0 Å². The van der Waals surface area contributed by atoms with Gasteiger partial charge in [-0.2, -0.15) is 0 Å². The molecule has 1 amide bonds. The number of halogens is 3. The molecule has 148 valence electrons. The number of nitrogens with one attached hydrogen (secondary N) is 1. The number of carbonyl (C=O) groups is 2. The molecule has 3 rings (SSSR count). The molecule has 29 heavy (non-hydrogen) atoms. The van der Waals surface area contributed by atoms with E-state index < -0.39 is 11.9 Å². The summed E-state index contributed by atoms with van der Waals surface area (Å²) in [6, 6.07) is 12.5. The summed E-state index contributed by atoms with van der Waals surface area (Å²) in [4.78, 5) is 24.8. The number of thiophene rings is 1. The third-order valence-electron chi connectivity index (χ3n) is 3.95. The summed E-state index contributed by atoms with van der Waals surface area (Å²) in [5.74, 6) is -0.922. The lowest BCUT2D eigenvalue weighted by atomic mass is 10.0. The Morgan fingerprint density at radius 3 is 2.52 bits per heavy atom. The molecular weight excluding hydrogens is 497 g/mol. The fourth-order valence-corrected chi connectivity index (χ4v) is 4.25. The van der Waals surface area contributed by atoms with E-state index in [0.29, 0.717) is 31.7 Å². The quantitative estimate of drug-likeness (QED) is 0.299. The van der Waals surface area contributed by atoms with Crippen LogP contribution in [0.3, 0.4) is 0 Å². The van der Waals surface area contributed by atoms with Crippen LogP contribution in [0.2, 0.25) is 10.0 Å². The Hall–Kier alpha value is -2.12. The summed E-state index contributed by atoms with van der Waals surface area (Å²) in [5.41, 5.74) is 2.50. The summed E-state index contributed by atoms with van der Waals surface area (Å²) < 4.78 is 5.84. The van der Waals surface area contributed by atoms with Gasteiger partial charge >= 0.3 is 5.97 Å². The normalized spacial score (nSPS) is 10.9. The van der Waals surface area contributed by atoms with Crippen molar-refractivity contribution in [1.29, 1.82) is 0 Å². The third-order valence-corrected chi connectivity index (χ3v) is 5.94. The first-order valence-corrected chi connectivity index (χ1v) is 10.7. The fourth-order valence-electron chi connectivity index (χ4n) is 2.55. The second-order valence-corrected chi connectivity index (χ2v) is 8.48. The van der Waals surface area contributed by atoms with Crippen LogP contribution in [0.5, 0.6) is 0 Å². The highest BCUT2D eigenvalue weighted by atomic mass is 79.9. The zero-order valence-corrected chi connectivity index (χ0v) is 19.0. The predicted molar refractivity (Wildman–Crippen MR) is 123 cm³/mol. The van der Waals surface area contributed by atoms with Crippen molar-refractivity contribution in [3.63, 3.8) is 0 Å². The molecule has 2 aromatic carbocycles. The number of hydrogen-bond acceptors (Lipinski definition) is 4. The van der Waals surface area contributed by atoms with Crippen LogP contribution in [0.4, 0.5) is 5.00 Å². The van der Waals surface area contributed by atoms with Crippen LogP contribution in [-0.2, 0) is 9.53 Å². The highest BCUT2D eigenvalue weighted by Crippen LogP contribution is 2.36. The van der Waals surface area contributed by atoms with Gasteiger partial charge < -0.3 is 10.1 Å². The van der Waals surface area contributed by atoms with Crippen molar-refractivity contribution in [2.45, 2.75) is 0 Å². The average molecular weight is 511 g/mol. The van der Waals surface area contributed by atoms with Gasteiger partial charge in [0.1, 0.15) is 10.6 Å². The Kier molecular flexibility index (Phi) is 7.14. The van der Waals surface area contributed by atoms with E-state index in [1.807, 2.05) is 29.6 Å². The van der Waals surface area contributed by atoms with Crippen molar-refractivity contribution in [3.05, 3.63) is 79.6 Å². The molecule has 0 radical (unpaired) electrons. The SMILES string of the molecule is COC(=O)c1c(-c2ccc(Br)cc2)csc1NC(=O)C=Cc1ccc(Cl)cc1Cl. The molecule has 0 aliphatic carbocycles. The van der Waals surface area contributed by atoms with E-state index in [9.17, 15) is 9.59 Å². The molecule has 8 heteroatoms. The van der Waals surface area contributed by atoms with E-state index in [-0.39, 0.29) is 0 Å². The Balaban J connectivity index is 1.86. The van der Waals surface area contributed by atoms with E-state index in [0.717, 1.165) is 10.0 Å². The number of esters is 1. The van der Waals surface area contributed by atoms with Crippen molar-refractivity contribution >= 4 is 73.4 Å². The second kappa shape index (κ2) is 9.59. The third kappa shape index (κ3) is 5.28. The van der Waals surface area contributed by atoms with Crippen LogP contribution in [0.25, 0.3) is 17.2 Å². The van der Waals surface area contributed by atoms with Gasteiger partial charge in [-0.3, -0.25) is 4.79 Å². The maximum absolute atomic E-state index is 12.4. The van der Waals surface area contributed by atoms with Gasteiger partial charge in [0, 0.05) is 31.5 Å². The highest BCUT2D eigenvalue weighted by molar-refractivity contribution is 9.10. The molecule has 0 saturated carbocycles. The number of ether oxygens (including phenoxy) is 1. The molecule has 1 N–H and O–H groups in total. The van der Waals surface area contributed by atoms with Crippen LogP contribution in [0.1, 0.15) is 15.9 Å². The number of carbonyl (C=O) groups excluding carboxylic acids is 2. The van der Waals surface area contributed by atoms with Crippen LogP contribution in [0, 0.1) is 0 Å². The molecule has 0 aliphatic heterocycles. The monoisotopic (exact) mass is 509 g/mol. The lowest BCUT2D eigenvalue weighted by molar-refractivity contribution is -0.111. The Bertz CT molecular complexity index is 1090. The zero-order valence-electron chi connectivity index (χ0n) is 15.0. The lowest BCUT2D eigenvalue weighted by Gasteiger charge is -2.07. The zero-order chi connectivity index (χ0) is 21.0. The molecule has 0 saturated heterocycles.